The van der Waals surface area contributed by atoms with Crippen molar-refractivity contribution in [3.8, 4) is 11.3 Å². The Bertz CT molecular complexity index is 650. The number of carbonyl (C=O) groups is 2. The van der Waals surface area contributed by atoms with E-state index in [1.165, 1.54) is 0 Å². The fourth-order valence-electron chi connectivity index (χ4n) is 1.94. The van der Waals surface area contributed by atoms with Crippen LogP contribution in [0.2, 0.25) is 0 Å². The van der Waals surface area contributed by atoms with Gasteiger partial charge in [-0.25, -0.2) is 0 Å². The zero-order chi connectivity index (χ0) is 16.8. The summed E-state index contributed by atoms with van der Waals surface area (Å²) in [7, 11) is 0. The number of carbonyl (C=O) groups excluding carboxylic acids is 2. The van der Waals surface area contributed by atoms with Crippen molar-refractivity contribution in [3.63, 3.8) is 0 Å². The molecule has 122 valence electrons. The Morgan fingerprint density at radius 1 is 1.22 bits per heavy atom. The van der Waals surface area contributed by atoms with E-state index in [0.29, 0.717) is 5.69 Å². The van der Waals surface area contributed by atoms with Gasteiger partial charge >= 0.3 is 0 Å². The minimum atomic E-state index is -0.614. The van der Waals surface area contributed by atoms with Crippen LogP contribution in [0.1, 0.15) is 13.8 Å². The van der Waals surface area contributed by atoms with Crippen LogP contribution >= 0.6 is 0 Å². The first-order chi connectivity index (χ1) is 11.0. The van der Waals surface area contributed by atoms with Gasteiger partial charge in [0.1, 0.15) is 0 Å². The van der Waals surface area contributed by atoms with Crippen molar-refractivity contribution in [1.82, 2.24) is 15.5 Å². The predicted molar refractivity (Wildman–Crippen MR) is 88.5 cm³/mol. The first kappa shape index (κ1) is 16.7. The lowest BCUT2D eigenvalue weighted by atomic mass is 10.1. The summed E-state index contributed by atoms with van der Waals surface area (Å²) in [5, 5.41) is 12.0. The molecular formula is C16H21N5O2. The van der Waals surface area contributed by atoms with E-state index in [1.54, 1.807) is 18.3 Å². The van der Waals surface area contributed by atoms with Gasteiger partial charge in [0.25, 0.3) is 0 Å². The van der Waals surface area contributed by atoms with E-state index >= 15 is 0 Å². The minimum Gasteiger partial charge on any atom is -0.346 e. The number of hydrogen-bond acceptors (Lipinski definition) is 4. The van der Waals surface area contributed by atoms with Crippen LogP contribution in [0.3, 0.4) is 0 Å². The summed E-state index contributed by atoms with van der Waals surface area (Å²) in [5.41, 5.74) is 8.23. The summed E-state index contributed by atoms with van der Waals surface area (Å²) in [6, 6.07) is 8.57. The second-order valence-electron chi connectivity index (χ2n) is 5.58. The van der Waals surface area contributed by atoms with Crippen LogP contribution < -0.4 is 16.4 Å². The van der Waals surface area contributed by atoms with Gasteiger partial charge in [0, 0.05) is 11.9 Å². The van der Waals surface area contributed by atoms with E-state index in [9.17, 15) is 9.59 Å². The van der Waals surface area contributed by atoms with E-state index in [0.717, 1.165) is 11.3 Å². The zero-order valence-corrected chi connectivity index (χ0v) is 13.2. The molecule has 2 rings (SSSR count). The summed E-state index contributed by atoms with van der Waals surface area (Å²) >= 11 is 0. The Morgan fingerprint density at radius 2 is 1.91 bits per heavy atom. The van der Waals surface area contributed by atoms with Crippen molar-refractivity contribution in [2.45, 2.75) is 19.9 Å². The number of anilines is 1. The lowest BCUT2D eigenvalue weighted by Gasteiger charge is -2.15. The first-order valence-corrected chi connectivity index (χ1v) is 7.40. The van der Waals surface area contributed by atoms with Crippen molar-refractivity contribution in [3.05, 3.63) is 36.5 Å². The van der Waals surface area contributed by atoms with Crippen LogP contribution in [0, 0.1) is 5.92 Å². The summed E-state index contributed by atoms with van der Waals surface area (Å²) in [4.78, 5) is 23.5. The minimum absolute atomic E-state index is 0.0214. The molecule has 0 saturated heterocycles. The normalized spacial score (nSPS) is 12.0. The molecule has 0 unspecified atom stereocenters. The van der Waals surface area contributed by atoms with E-state index in [4.69, 9.17) is 5.73 Å². The van der Waals surface area contributed by atoms with Crippen LogP contribution in [0.25, 0.3) is 11.3 Å². The van der Waals surface area contributed by atoms with Gasteiger partial charge in [-0.1, -0.05) is 26.0 Å². The van der Waals surface area contributed by atoms with Crippen LogP contribution in [-0.2, 0) is 9.59 Å². The standard InChI is InChI=1S/C16H21N5O2/c1-10(2)15(17)16(23)18-9-14(22)20-12-5-3-11(4-6-12)13-7-8-19-21-13/h3-8,10,15H,9,17H2,1-2H3,(H,18,23)(H,19,21)(H,20,22)/t15-/m0/s1. The Hall–Kier alpha value is -2.67. The van der Waals surface area contributed by atoms with Gasteiger partial charge in [-0.2, -0.15) is 5.10 Å². The highest BCUT2D eigenvalue weighted by Crippen LogP contribution is 2.18. The monoisotopic (exact) mass is 315 g/mol. The van der Waals surface area contributed by atoms with Crippen molar-refractivity contribution in [2.75, 3.05) is 11.9 Å². The maximum Gasteiger partial charge on any atom is 0.243 e. The number of nitrogens with one attached hydrogen (secondary N) is 3. The summed E-state index contributed by atoms with van der Waals surface area (Å²) in [5.74, 6) is -0.610. The van der Waals surface area contributed by atoms with Gasteiger partial charge in [-0.3, -0.25) is 14.7 Å². The van der Waals surface area contributed by atoms with Crippen LogP contribution in [-0.4, -0.2) is 34.6 Å². The molecule has 0 aliphatic rings. The lowest BCUT2D eigenvalue weighted by Crippen LogP contribution is -2.46. The molecule has 1 aromatic heterocycles. The van der Waals surface area contributed by atoms with Gasteiger partial charge in [0.05, 0.1) is 18.3 Å². The second-order valence-corrected chi connectivity index (χ2v) is 5.58. The number of aromatic nitrogens is 2. The van der Waals surface area contributed by atoms with E-state index in [-0.39, 0.29) is 24.3 Å². The second kappa shape index (κ2) is 7.55. The smallest absolute Gasteiger partial charge is 0.243 e. The summed E-state index contributed by atoms with van der Waals surface area (Å²) in [6.07, 6.45) is 1.68. The third-order valence-electron chi connectivity index (χ3n) is 3.42. The molecule has 7 heteroatoms. The van der Waals surface area contributed by atoms with Gasteiger partial charge < -0.3 is 16.4 Å². The Balaban J connectivity index is 1.85. The molecule has 5 N–H and O–H groups in total. The van der Waals surface area contributed by atoms with Crippen LogP contribution in [0.5, 0.6) is 0 Å². The molecule has 1 aromatic carbocycles. The van der Waals surface area contributed by atoms with E-state index < -0.39 is 6.04 Å². The third-order valence-corrected chi connectivity index (χ3v) is 3.42. The Morgan fingerprint density at radius 3 is 2.48 bits per heavy atom. The summed E-state index contributed by atoms with van der Waals surface area (Å²) < 4.78 is 0. The number of nitrogens with two attached hydrogens (primary N) is 1. The average Bonchev–Trinajstić information content (AvgIpc) is 3.07. The number of rotatable bonds is 6. The van der Waals surface area contributed by atoms with Gasteiger partial charge in [-0.15, -0.1) is 0 Å². The molecule has 23 heavy (non-hydrogen) atoms. The zero-order valence-electron chi connectivity index (χ0n) is 13.2. The molecule has 0 saturated carbocycles. The van der Waals surface area contributed by atoms with Crippen LogP contribution in [0.15, 0.2) is 36.5 Å². The van der Waals surface area contributed by atoms with Crippen molar-refractivity contribution in [1.29, 1.82) is 0 Å². The molecular weight excluding hydrogens is 294 g/mol. The van der Waals surface area contributed by atoms with Crippen molar-refractivity contribution in [2.24, 2.45) is 11.7 Å². The highest BCUT2D eigenvalue weighted by Gasteiger charge is 2.17. The fraction of sp³-hybridized carbons (Fsp3) is 0.312. The lowest BCUT2D eigenvalue weighted by molar-refractivity contribution is -0.125. The molecule has 0 spiro atoms. The van der Waals surface area contributed by atoms with Crippen molar-refractivity contribution < 1.29 is 9.59 Å². The number of hydrogen-bond donors (Lipinski definition) is 4. The van der Waals surface area contributed by atoms with Gasteiger partial charge in [0.2, 0.25) is 11.8 Å². The molecule has 2 amide bonds. The molecule has 0 aliphatic carbocycles. The van der Waals surface area contributed by atoms with Gasteiger partial charge in [-0.05, 0) is 29.7 Å². The molecule has 7 nitrogen and oxygen atoms in total. The van der Waals surface area contributed by atoms with Crippen molar-refractivity contribution >= 4 is 17.5 Å². The molecule has 0 radical (unpaired) electrons. The fourth-order valence-corrected chi connectivity index (χ4v) is 1.94. The molecule has 0 fully saturated rings. The number of amides is 2. The number of nitrogens with zero attached hydrogens (tertiary/aromatic N) is 1. The summed E-state index contributed by atoms with van der Waals surface area (Å²) in [6.45, 7) is 3.60. The van der Waals surface area contributed by atoms with Gasteiger partial charge in [0.15, 0.2) is 0 Å². The quantitative estimate of drug-likeness (QED) is 0.639. The third kappa shape index (κ3) is 4.65. The molecule has 2 aromatic rings. The average molecular weight is 315 g/mol. The number of aromatic amines is 1. The Kier molecular flexibility index (Phi) is 5.48. The Labute approximate surface area is 134 Å². The van der Waals surface area contributed by atoms with E-state index in [2.05, 4.69) is 20.8 Å². The SMILES string of the molecule is CC(C)[C@H](N)C(=O)NCC(=O)Nc1ccc(-c2ccn[nH]2)cc1. The largest absolute Gasteiger partial charge is 0.346 e. The maximum absolute atomic E-state index is 11.8. The predicted octanol–water partition coefficient (Wildman–Crippen LogP) is 1.11. The molecule has 1 heterocycles. The highest BCUT2D eigenvalue weighted by molar-refractivity contribution is 5.95. The van der Waals surface area contributed by atoms with E-state index in [1.807, 2.05) is 32.0 Å². The molecule has 0 aliphatic heterocycles. The molecule has 1 atom stereocenters. The number of benzene rings is 1. The number of H-pyrrole nitrogens is 1. The first-order valence-electron chi connectivity index (χ1n) is 7.40. The highest BCUT2D eigenvalue weighted by atomic mass is 16.2. The topological polar surface area (TPSA) is 113 Å². The van der Waals surface area contributed by atoms with Crippen LogP contribution in [0.4, 0.5) is 5.69 Å². The molecule has 0 bridgehead atoms. The maximum atomic E-state index is 11.8.